The van der Waals surface area contributed by atoms with Gasteiger partial charge in [-0.05, 0) is 23.8 Å². The van der Waals surface area contributed by atoms with Crippen molar-refractivity contribution >= 4 is 27.4 Å². The number of ketones is 1. The van der Waals surface area contributed by atoms with Crippen molar-refractivity contribution in [3.63, 3.8) is 0 Å². The summed E-state index contributed by atoms with van der Waals surface area (Å²) in [5, 5.41) is 3.33. The highest BCUT2D eigenvalue weighted by molar-refractivity contribution is 9.10. The molecule has 0 saturated carbocycles. The average molecular weight is 302 g/mol. The quantitative estimate of drug-likeness (QED) is 0.867. The Hall–Kier alpha value is -1.61. The predicted molar refractivity (Wildman–Crippen MR) is 76.1 cm³/mol. The van der Waals surface area contributed by atoms with Gasteiger partial charge in [-0.1, -0.05) is 46.3 Å². The summed E-state index contributed by atoms with van der Waals surface area (Å²) >= 11 is 3.41. The van der Waals surface area contributed by atoms with Gasteiger partial charge in [0.05, 0.1) is 5.92 Å². The van der Waals surface area contributed by atoms with Gasteiger partial charge in [-0.3, -0.25) is 4.79 Å². The normalized spacial score (nSPS) is 18.1. The van der Waals surface area contributed by atoms with Crippen molar-refractivity contribution in [1.29, 1.82) is 0 Å². The fraction of sp³-hybridized carbons (Fsp3) is 0.133. The molecule has 1 aliphatic heterocycles. The molecule has 0 bridgehead atoms. The van der Waals surface area contributed by atoms with E-state index in [1.165, 1.54) is 0 Å². The van der Waals surface area contributed by atoms with E-state index in [9.17, 15) is 4.79 Å². The lowest BCUT2D eigenvalue weighted by Crippen LogP contribution is -2.27. The Morgan fingerprint density at radius 1 is 1.11 bits per heavy atom. The van der Waals surface area contributed by atoms with Gasteiger partial charge in [0.1, 0.15) is 0 Å². The summed E-state index contributed by atoms with van der Waals surface area (Å²) in [4.78, 5) is 12.5. The van der Waals surface area contributed by atoms with Crippen molar-refractivity contribution in [2.75, 3.05) is 11.9 Å². The van der Waals surface area contributed by atoms with Crippen LogP contribution in [0.4, 0.5) is 5.69 Å². The molecular weight excluding hydrogens is 290 g/mol. The molecule has 0 aromatic heterocycles. The second kappa shape index (κ2) is 4.58. The van der Waals surface area contributed by atoms with Gasteiger partial charge in [0.15, 0.2) is 5.78 Å². The molecule has 90 valence electrons. The zero-order valence-electron chi connectivity index (χ0n) is 9.69. The summed E-state index contributed by atoms with van der Waals surface area (Å²) in [5.41, 5.74) is 2.76. The van der Waals surface area contributed by atoms with Crippen molar-refractivity contribution in [2.24, 2.45) is 0 Å². The molecule has 0 radical (unpaired) electrons. The van der Waals surface area contributed by atoms with Gasteiger partial charge in [0.25, 0.3) is 0 Å². The highest BCUT2D eigenvalue weighted by atomic mass is 79.9. The SMILES string of the molecule is O=C1c2cc(Br)ccc2NCC1c1ccccc1. The van der Waals surface area contributed by atoms with Crippen LogP contribution in [0.25, 0.3) is 0 Å². The zero-order chi connectivity index (χ0) is 12.5. The summed E-state index contributed by atoms with van der Waals surface area (Å²) in [6.45, 7) is 0.664. The molecule has 3 heteroatoms. The van der Waals surface area contributed by atoms with Crippen LogP contribution < -0.4 is 5.32 Å². The van der Waals surface area contributed by atoms with Gasteiger partial charge in [-0.25, -0.2) is 0 Å². The van der Waals surface area contributed by atoms with Crippen LogP contribution in [0.1, 0.15) is 21.8 Å². The van der Waals surface area contributed by atoms with Gasteiger partial charge < -0.3 is 5.32 Å². The average Bonchev–Trinajstić information content (AvgIpc) is 2.41. The number of carbonyl (C=O) groups is 1. The standard InChI is InChI=1S/C15H12BrNO/c16-11-6-7-14-12(8-11)15(18)13(9-17-14)10-4-2-1-3-5-10/h1-8,13,17H,9H2. The lowest BCUT2D eigenvalue weighted by Gasteiger charge is -2.25. The fourth-order valence-corrected chi connectivity index (χ4v) is 2.68. The van der Waals surface area contributed by atoms with Crippen LogP contribution in [0.3, 0.4) is 0 Å². The highest BCUT2D eigenvalue weighted by Crippen LogP contribution is 2.32. The number of halogens is 1. The van der Waals surface area contributed by atoms with Crippen molar-refractivity contribution < 1.29 is 4.79 Å². The lowest BCUT2D eigenvalue weighted by atomic mass is 9.87. The van der Waals surface area contributed by atoms with Crippen molar-refractivity contribution in [3.05, 3.63) is 64.1 Å². The van der Waals surface area contributed by atoms with Crippen LogP contribution in [0.15, 0.2) is 53.0 Å². The molecule has 18 heavy (non-hydrogen) atoms. The Kier molecular flexibility index (Phi) is 2.92. The van der Waals surface area contributed by atoms with Gasteiger partial charge in [-0.15, -0.1) is 0 Å². The Morgan fingerprint density at radius 3 is 2.67 bits per heavy atom. The molecule has 2 nitrogen and oxygen atoms in total. The molecule has 1 N–H and O–H groups in total. The van der Waals surface area contributed by atoms with Crippen molar-refractivity contribution in [3.8, 4) is 0 Å². The third kappa shape index (κ3) is 1.95. The first kappa shape index (κ1) is 11.5. The van der Waals surface area contributed by atoms with E-state index < -0.39 is 0 Å². The number of carbonyl (C=O) groups excluding carboxylic acids is 1. The number of hydrogen-bond donors (Lipinski definition) is 1. The minimum atomic E-state index is -0.0898. The summed E-state index contributed by atoms with van der Waals surface area (Å²) in [5.74, 6) is 0.101. The monoisotopic (exact) mass is 301 g/mol. The first-order valence-electron chi connectivity index (χ1n) is 5.88. The third-order valence-electron chi connectivity index (χ3n) is 3.26. The number of benzene rings is 2. The van der Waals surface area contributed by atoms with Gasteiger partial charge in [0.2, 0.25) is 0 Å². The Balaban J connectivity index is 2.02. The molecule has 0 fully saturated rings. The van der Waals surface area contributed by atoms with E-state index in [-0.39, 0.29) is 11.7 Å². The van der Waals surface area contributed by atoms with Crippen LogP contribution >= 0.6 is 15.9 Å². The number of fused-ring (bicyclic) bond motifs is 1. The van der Waals surface area contributed by atoms with Crippen LogP contribution in [0.2, 0.25) is 0 Å². The van der Waals surface area contributed by atoms with Crippen molar-refractivity contribution in [2.45, 2.75) is 5.92 Å². The van der Waals surface area contributed by atoms with Crippen molar-refractivity contribution in [1.82, 2.24) is 0 Å². The molecule has 1 heterocycles. The summed E-state index contributed by atoms with van der Waals surface area (Å²) in [7, 11) is 0. The third-order valence-corrected chi connectivity index (χ3v) is 3.76. The zero-order valence-corrected chi connectivity index (χ0v) is 11.3. The minimum absolute atomic E-state index is 0.0898. The van der Waals surface area contributed by atoms with Crippen LogP contribution in [-0.2, 0) is 0 Å². The number of Topliss-reactive ketones (excluding diaryl/α,β-unsaturated/α-hetero) is 1. The molecule has 0 amide bonds. The van der Waals surface area contributed by atoms with Crippen LogP contribution in [-0.4, -0.2) is 12.3 Å². The molecule has 2 aromatic rings. The number of anilines is 1. The smallest absolute Gasteiger partial charge is 0.174 e. The van der Waals surface area contributed by atoms with E-state index in [0.29, 0.717) is 6.54 Å². The van der Waals surface area contributed by atoms with Crippen LogP contribution in [0.5, 0.6) is 0 Å². The Labute approximate surface area is 114 Å². The fourth-order valence-electron chi connectivity index (χ4n) is 2.32. The van der Waals surface area contributed by atoms with E-state index in [0.717, 1.165) is 21.3 Å². The maximum Gasteiger partial charge on any atom is 0.174 e. The summed E-state index contributed by atoms with van der Waals surface area (Å²) < 4.78 is 0.935. The maximum atomic E-state index is 12.5. The molecule has 1 unspecified atom stereocenters. The first-order valence-corrected chi connectivity index (χ1v) is 6.67. The molecule has 0 aliphatic carbocycles. The molecular formula is C15H12BrNO. The van der Waals surface area contributed by atoms with E-state index >= 15 is 0 Å². The molecule has 2 aromatic carbocycles. The Morgan fingerprint density at radius 2 is 1.89 bits per heavy atom. The highest BCUT2D eigenvalue weighted by Gasteiger charge is 2.28. The van der Waals surface area contributed by atoms with E-state index in [4.69, 9.17) is 0 Å². The number of hydrogen-bond acceptors (Lipinski definition) is 2. The molecule has 1 aliphatic rings. The van der Waals surface area contributed by atoms with Gasteiger partial charge >= 0.3 is 0 Å². The maximum absolute atomic E-state index is 12.5. The summed E-state index contributed by atoms with van der Waals surface area (Å²) in [6.07, 6.45) is 0. The minimum Gasteiger partial charge on any atom is -0.383 e. The van der Waals surface area contributed by atoms with E-state index in [1.807, 2.05) is 48.5 Å². The largest absolute Gasteiger partial charge is 0.383 e. The second-order valence-electron chi connectivity index (χ2n) is 4.40. The first-order chi connectivity index (χ1) is 8.75. The van der Waals surface area contributed by atoms with Gasteiger partial charge in [-0.2, -0.15) is 0 Å². The molecule has 0 spiro atoms. The number of nitrogens with one attached hydrogen (secondary N) is 1. The Bertz CT molecular complexity index is 595. The van der Waals surface area contributed by atoms with Crippen LogP contribution in [0, 0.1) is 0 Å². The van der Waals surface area contributed by atoms with E-state index in [2.05, 4.69) is 21.2 Å². The number of rotatable bonds is 1. The predicted octanol–water partition coefficient (Wildman–Crippen LogP) is 3.84. The molecule has 3 rings (SSSR count). The second-order valence-corrected chi connectivity index (χ2v) is 5.31. The van der Waals surface area contributed by atoms with Gasteiger partial charge in [0, 0.05) is 22.3 Å². The topological polar surface area (TPSA) is 29.1 Å². The lowest BCUT2D eigenvalue weighted by molar-refractivity contribution is 0.0960. The van der Waals surface area contributed by atoms with E-state index in [1.54, 1.807) is 0 Å². The molecule has 0 saturated heterocycles. The summed E-state index contributed by atoms with van der Waals surface area (Å²) in [6, 6.07) is 15.7. The molecule has 1 atom stereocenters.